The van der Waals surface area contributed by atoms with Crippen molar-refractivity contribution in [3.8, 4) is 0 Å². The molecule has 0 radical (unpaired) electrons. The standard InChI is InChI=1S/C17H19F3/c18-16-7-5-11(10-2-1-3-14(10)16)12-4-6-15-13(12)8-9-17(15,19)20/h5,7,12-13,15H,1-4,6,8-9H2/t12?,13-,15+/m1/s1. The molecule has 0 saturated heterocycles. The minimum absolute atomic E-state index is 0.0439. The third-order valence-corrected chi connectivity index (χ3v) is 5.84. The third kappa shape index (κ3) is 1.68. The molecule has 108 valence electrons. The van der Waals surface area contributed by atoms with Crippen LogP contribution in [0.25, 0.3) is 0 Å². The molecule has 0 N–H and O–H groups in total. The zero-order valence-corrected chi connectivity index (χ0v) is 11.5. The number of hydrogen-bond acceptors (Lipinski definition) is 0. The molecule has 3 atom stereocenters. The zero-order valence-electron chi connectivity index (χ0n) is 11.5. The van der Waals surface area contributed by atoms with Gasteiger partial charge in [0.2, 0.25) is 0 Å². The Morgan fingerprint density at radius 2 is 1.80 bits per heavy atom. The molecular formula is C17H19F3. The highest BCUT2D eigenvalue weighted by atomic mass is 19.3. The maximum atomic E-state index is 13.9. The summed E-state index contributed by atoms with van der Waals surface area (Å²) in [4.78, 5) is 0. The largest absolute Gasteiger partial charge is 0.251 e. The first kappa shape index (κ1) is 12.7. The molecule has 1 aromatic rings. The molecule has 0 amide bonds. The predicted octanol–water partition coefficient (Wildman–Crippen LogP) is 4.85. The lowest BCUT2D eigenvalue weighted by atomic mass is 9.83. The number of rotatable bonds is 1. The minimum atomic E-state index is -2.47. The van der Waals surface area contributed by atoms with Gasteiger partial charge in [0.1, 0.15) is 5.82 Å². The van der Waals surface area contributed by atoms with E-state index in [0.717, 1.165) is 36.8 Å². The van der Waals surface area contributed by atoms with Crippen LogP contribution in [0.4, 0.5) is 13.2 Å². The SMILES string of the molecule is Fc1ccc(C2CC[C@H]3[C@@H]2CCC3(F)F)c2c1CCC2. The van der Waals surface area contributed by atoms with Gasteiger partial charge in [-0.05, 0) is 73.1 Å². The Balaban J connectivity index is 1.72. The number of hydrogen-bond donors (Lipinski definition) is 0. The average Bonchev–Trinajstić information content (AvgIpc) is 3.08. The molecule has 2 saturated carbocycles. The first-order valence-electron chi connectivity index (χ1n) is 7.76. The molecule has 0 bridgehead atoms. The van der Waals surface area contributed by atoms with Crippen molar-refractivity contribution in [3.05, 3.63) is 34.6 Å². The molecule has 1 aromatic carbocycles. The highest BCUT2D eigenvalue weighted by Gasteiger charge is 2.55. The molecule has 2 fully saturated rings. The van der Waals surface area contributed by atoms with Gasteiger partial charge >= 0.3 is 0 Å². The Morgan fingerprint density at radius 3 is 2.65 bits per heavy atom. The van der Waals surface area contributed by atoms with Crippen LogP contribution in [0.1, 0.15) is 54.7 Å². The van der Waals surface area contributed by atoms with Crippen LogP contribution in [0.15, 0.2) is 12.1 Å². The molecule has 3 aliphatic rings. The molecule has 0 aromatic heterocycles. The van der Waals surface area contributed by atoms with Crippen LogP contribution < -0.4 is 0 Å². The lowest BCUT2D eigenvalue weighted by molar-refractivity contribution is -0.0409. The summed E-state index contributed by atoms with van der Waals surface area (Å²) in [6, 6.07) is 3.43. The number of benzene rings is 1. The smallest absolute Gasteiger partial charge is 0.207 e. The second kappa shape index (κ2) is 4.25. The molecular weight excluding hydrogens is 261 g/mol. The first-order valence-corrected chi connectivity index (χ1v) is 7.76. The summed E-state index contributed by atoms with van der Waals surface area (Å²) in [5, 5.41) is 0. The van der Waals surface area contributed by atoms with Gasteiger partial charge in [-0.2, -0.15) is 0 Å². The van der Waals surface area contributed by atoms with Gasteiger partial charge in [-0.25, -0.2) is 13.2 Å². The summed E-state index contributed by atoms with van der Waals surface area (Å²) in [5.41, 5.74) is 3.19. The van der Waals surface area contributed by atoms with Crippen molar-refractivity contribution < 1.29 is 13.2 Å². The van der Waals surface area contributed by atoms with Crippen molar-refractivity contribution in [3.63, 3.8) is 0 Å². The van der Waals surface area contributed by atoms with Crippen LogP contribution in [0.2, 0.25) is 0 Å². The molecule has 0 spiro atoms. The highest BCUT2D eigenvalue weighted by Crippen LogP contribution is 2.58. The fourth-order valence-corrected chi connectivity index (χ4v) is 4.96. The molecule has 20 heavy (non-hydrogen) atoms. The fourth-order valence-electron chi connectivity index (χ4n) is 4.96. The number of fused-ring (bicyclic) bond motifs is 2. The van der Waals surface area contributed by atoms with E-state index in [1.54, 1.807) is 6.07 Å². The van der Waals surface area contributed by atoms with Crippen LogP contribution in [0, 0.1) is 17.7 Å². The van der Waals surface area contributed by atoms with E-state index in [0.29, 0.717) is 12.8 Å². The van der Waals surface area contributed by atoms with Crippen LogP contribution in [0.3, 0.4) is 0 Å². The topological polar surface area (TPSA) is 0 Å². The molecule has 4 rings (SSSR count). The molecule has 1 unspecified atom stereocenters. The Hall–Kier alpha value is -0.990. The van der Waals surface area contributed by atoms with Crippen molar-refractivity contribution in [2.75, 3.05) is 0 Å². The van der Waals surface area contributed by atoms with Gasteiger partial charge in [0.05, 0.1) is 0 Å². The van der Waals surface area contributed by atoms with E-state index in [-0.39, 0.29) is 24.1 Å². The monoisotopic (exact) mass is 280 g/mol. The summed E-state index contributed by atoms with van der Waals surface area (Å²) in [5.74, 6) is -2.66. The van der Waals surface area contributed by atoms with Gasteiger partial charge in [-0.15, -0.1) is 0 Å². The Labute approximate surface area is 117 Å². The van der Waals surface area contributed by atoms with Crippen LogP contribution in [0.5, 0.6) is 0 Å². The van der Waals surface area contributed by atoms with Crippen molar-refractivity contribution in [1.82, 2.24) is 0 Å². The Bertz CT molecular complexity index is 549. The van der Waals surface area contributed by atoms with E-state index in [2.05, 4.69) is 0 Å². The summed E-state index contributed by atoms with van der Waals surface area (Å²) >= 11 is 0. The maximum absolute atomic E-state index is 13.9. The van der Waals surface area contributed by atoms with Crippen LogP contribution >= 0.6 is 0 Å². The van der Waals surface area contributed by atoms with Gasteiger partial charge in [0, 0.05) is 12.3 Å². The van der Waals surface area contributed by atoms with Crippen molar-refractivity contribution in [2.24, 2.45) is 11.8 Å². The van der Waals surface area contributed by atoms with Gasteiger partial charge in [0.15, 0.2) is 0 Å². The number of alkyl halides is 2. The molecule has 3 aliphatic carbocycles. The first-order chi connectivity index (χ1) is 9.58. The van der Waals surface area contributed by atoms with E-state index in [1.807, 2.05) is 6.07 Å². The summed E-state index contributed by atoms with van der Waals surface area (Å²) < 4.78 is 41.6. The van der Waals surface area contributed by atoms with E-state index in [4.69, 9.17) is 0 Å². The van der Waals surface area contributed by atoms with E-state index in [9.17, 15) is 13.2 Å². The summed E-state index contributed by atoms with van der Waals surface area (Å²) in [6.07, 6.45) is 4.90. The quantitative estimate of drug-likeness (QED) is 0.689. The highest BCUT2D eigenvalue weighted by molar-refractivity contribution is 5.42. The predicted molar refractivity (Wildman–Crippen MR) is 71.6 cm³/mol. The van der Waals surface area contributed by atoms with Gasteiger partial charge in [-0.3, -0.25) is 0 Å². The summed E-state index contributed by atoms with van der Waals surface area (Å²) in [6.45, 7) is 0. The molecule has 0 nitrogen and oxygen atoms in total. The van der Waals surface area contributed by atoms with E-state index >= 15 is 0 Å². The van der Waals surface area contributed by atoms with Crippen molar-refractivity contribution in [2.45, 2.75) is 56.8 Å². The number of halogens is 3. The van der Waals surface area contributed by atoms with E-state index in [1.165, 1.54) is 5.56 Å². The maximum Gasteiger partial charge on any atom is 0.251 e. The third-order valence-electron chi connectivity index (χ3n) is 5.84. The fraction of sp³-hybridized carbons (Fsp3) is 0.647. The molecule has 0 aliphatic heterocycles. The lowest BCUT2D eigenvalue weighted by Gasteiger charge is -2.22. The minimum Gasteiger partial charge on any atom is -0.207 e. The second-order valence-electron chi connectivity index (χ2n) is 6.70. The average molecular weight is 280 g/mol. The Kier molecular flexibility index (Phi) is 2.71. The van der Waals surface area contributed by atoms with Gasteiger partial charge in [0.25, 0.3) is 5.92 Å². The van der Waals surface area contributed by atoms with Crippen molar-refractivity contribution >= 4 is 0 Å². The molecule has 3 heteroatoms. The van der Waals surface area contributed by atoms with Crippen molar-refractivity contribution in [1.29, 1.82) is 0 Å². The van der Waals surface area contributed by atoms with E-state index < -0.39 is 11.8 Å². The van der Waals surface area contributed by atoms with Gasteiger partial charge < -0.3 is 0 Å². The zero-order chi connectivity index (χ0) is 13.9. The summed E-state index contributed by atoms with van der Waals surface area (Å²) in [7, 11) is 0. The van der Waals surface area contributed by atoms with Gasteiger partial charge in [-0.1, -0.05) is 6.07 Å². The lowest BCUT2D eigenvalue weighted by Crippen LogP contribution is -2.23. The normalized spacial score (nSPS) is 34.2. The molecule has 0 heterocycles. The Morgan fingerprint density at radius 1 is 1.00 bits per heavy atom. The second-order valence-corrected chi connectivity index (χ2v) is 6.70. The van der Waals surface area contributed by atoms with Crippen LogP contribution in [-0.2, 0) is 12.8 Å². The van der Waals surface area contributed by atoms with Crippen LogP contribution in [-0.4, -0.2) is 5.92 Å².